The first-order chi connectivity index (χ1) is 7.54. The van der Waals surface area contributed by atoms with Gasteiger partial charge < -0.3 is 10.5 Å². The summed E-state index contributed by atoms with van der Waals surface area (Å²) in [6, 6.07) is 5.00. The third kappa shape index (κ3) is 3.77. The van der Waals surface area contributed by atoms with E-state index in [-0.39, 0.29) is 18.4 Å². The molecule has 1 rings (SSSR count). The van der Waals surface area contributed by atoms with Crippen LogP contribution in [0.25, 0.3) is 0 Å². The lowest BCUT2D eigenvalue weighted by Crippen LogP contribution is -2.17. The molecule has 5 heteroatoms. The van der Waals surface area contributed by atoms with Gasteiger partial charge in [-0.1, -0.05) is 17.7 Å². The largest absolute Gasteiger partial charge is 0.466 e. The van der Waals surface area contributed by atoms with E-state index in [1.54, 1.807) is 13.0 Å². The molecule has 0 aromatic heterocycles. The third-order valence-electron chi connectivity index (χ3n) is 2.06. The van der Waals surface area contributed by atoms with Gasteiger partial charge in [0, 0.05) is 10.5 Å². The minimum absolute atomic E-state index is 0.159. The molecule has 0 bridgehead atoms. The molecule has 0 saturated heterocycles. The van der Waals surface area contributed by atoms with E-state index in [4.69, 9.17) is 22.1 Å². The van der Waals surface area contributed by atoms with Gasteiger partial charge in [0.1, 0.15) is 0 Å². The van der Waals surface area contributed by atoms with Gasteiger partial charge in [0.2, 0.25) is 0 Å². The van der Waals surface area contributed by atoms with Crippen LogP contribution in [0.15, 0.2) is 22.7 Å². The maximum Gasteiger partial charge on any atom is 0.307 e. The number of benzene rings is 1. The van der Waals surface area contributed by atoms with E-state index < -0.39 is 0 Å². The van der Waals surface area contributed by atoms with Gasteiger partial charge in [-0.2, -0.15) is 0 Å². The first-order valence-corrected chi connectivity index (χ1v) is 6.07. The van der Waals surface area contributed by atoms with Gasteiger partial charge >= 0.3 is 5.97 Å². The highest BCUT2D eigenvalue weighted by Gasteiger charge is 2.13. The van der Waals surface area contributed by atoms with Crippen LogP contribution in [0.2, 0.25) is 5.02 Å². The first-order valence-electron chi connectivity index (χ1n) is 4.90. The number of carbonyl (C=O) groups is 1. The highest BCUT2D eigenvalue weighted by Crippen LogP contribution is 2.26. The number of hydrogen-bond donors (Lipinski definition) is 1. The summed E-state index contributed by atoms with van der Waals surface area (Å²) >= 11 is 9.23. The summed E-state index contributed by atoms with van der Waals surface area (Å²) in [5.74, 6) is -0.297. The molecular weight excluding hydrogens is 293 g/mol. The molecule has 1 aromatic carbocycles. The average molecular weight is 307 g/mol. The van der Waals surface area contributed by atoms with Gasteiger partial charge in [-0.15, -0.1) is 0 Å². The monoisotopic (exact) mass is 305 g/mol. The van der Waals surface area contributed by atoms with Crippen LogP contribution in [0.5, 0.6) is 0 Å². The van der Waals surface area contributed by atoms with Crippen molar-refractivity contribution in [3.63, 3.8) is 0 Å². The van der Waals surface area contributed by atoms with Gasteiger partial charge in [-0.3, -0.25) is 4.79 Å². The molecule has 1 atom stereocenters. The van der Waals surface area contributed by atoms with Crippen molar-refractivity contribution in [2.75, 3.05) is 6.61 Å². The first kappa shape index (κ1) is 13.5. The SMILES string of the molecule is CCOC(=O)CC(N)c1ccc(Br)c(Cl)c1. The summed E-state index contributed by atoms with van der Waals surface area (Å²) in [5, 5.41) is 0.580. The Hall–Kier alpha value is -0.580. The van der Waals surface area contributed by atoms with Gasteiger partial charge in [-0.25, -0.2) is 0 Å². The van der Waals surface area contributed by atoms with E-state index in [9.17, 15) is 4.79 Å². The fourth-order valence-electron chi connectivity index (χ4n) is 1.26. The zero-order chi connectivity index (χ0) is 12.1. The van der Waals surface area contributed by atoms with Crippen LogP contribution in [0, 0.1) is 0 Å². The lowest BCUT2D eigenvalue weighted by molar-refractivity contribution is -0.143. The van der Waals surface area contributed by atoms with Gasteiger partial charge in [-0.05, 0) is 40.5 Å². The number of nitrogens with two attached hydrogens (primary N) is 1. The number of rotatable bonds is 4. The van der Waals surface area contributed by atoms with Crippen molar-refractivity contribution < 1.29 is 9.53 Å². The van der Waals surface area contributed by atoms with E-state index >= 15 is 0 Å². The second kappa shape index (κ2) is 6.23. The van der Waals surface area contributed by atoms with Crippen molar-refractivity contribution in [1.29, 1.82) is 0 Å². The molecule has 0 aliphatic heterocycles. The van der Waals surface area contributed by atoms with Crippen molar-refractivity contribution in [2.24, 2.45) is 5.73 Å². The summed E-state index contributed by atoms with van der Waals surface area (Å²) in [6.45, 7) is 2.13. The predicted octanol–water partition coefficient (Wildman–Crippen LogP) is 3.06. The van der Waals surface area contributed by atoms with Crippen LogP contribution in [-0.2, 0) is 9.53 Å². The smallest absolute Gasteiger partial charge is 0.307 e. The van der Waals surface area contributed by atoms with E-state index in [1.165, 1.54) is 0 Å². The van der Waals surface area contributed by atoms with Gasteiger partial charge in [0.25, 0.3) is 0 Å². The fraction of sp³-hybridized carbons (Fsp3) is 0.364. The zero-order valence-corrected chi connectivity index (χ0v) is 11.2. The molecule has 0 aliphatic rings. The van der Waals surface area contributed by atoms with Crippen LogP contribution >= 0.6 is 27.5 Å². The van der Waals surface area contributed by atoms with Gasteiger partial charge in [0.15, 0.2) is 0 Å². The number of ether oxygens (including phenoxy) is 1. The Morgan fingerprint density at radius 1 is 1.62 bits per heavy atom. The highest BCUT2D eigenvalue weighted by atomic mass is 79.9. The lowest BCUT2D eigenvalue weighted by atomic mass is 10.1. The summed E-state index contributed by atoms with van der Waals surface area (Å²) in [4.78, 5) is 11.2. The summed E-state index contributed by atoms with van der Waals surface area (Å²) in [5.41, 5.74) is 6.69. The minimum atomic E-state index is -0.385. The third-order valence-corrected chi connectivity index (χ3v) is 3.30. The Bertz CT molecular complexity index is 384. The van der Waals surface area contributed by atoms with E-state index in [0.29, 0.717) is 11.6 Å². The maximum absolute atomic E-state index is 11.2. The van der Waals surface area contributed by atoms with E-state index in [0.717, 1.165) is 10.0 Å². The Kier molecular flexibility index (Phi) is 5.25. The van der Waals surface area contributed by atoms with Crippen molar-refractivity contribution in [3.8, 4) is 0 Å². The molecule has 0 fully saturated rings. The molecular formula is C11H13BrClNO2. The molecule has 0 radical (unpaired) electrons. The van der Waals surface area contributed by atoms with Crippen molar-refractivity contribution in [2.45, 2.75) is 19.4 Å². The molecule has 0 aliphatic carbocycles. The second-order valence-electron chi connectivity index (χ2n) is 3.29. The van der Waals surface area contributed by atoms with Crippen molar-refractivity contribution in [3.05, 3.63) is 33.3 Å². The topological polar surface area (TPSA) is 52.3 Å². The predicted molar refractivity (Wildman–Crippen MR) is 67.3 cm³/mol. The van der Waals surface area contributed by atoms with Crippen molar-refractivity contribution in [1.82, 2.24) is 0 Å². The summed E-state index contributed by atoms with van der Waals surface area (Å²) in [7, 11) is 0. The molecule has 1 unspecified atom stereocenters. The van der Waals surface area contributed by atoms with Crippen LogP contribution in [0.1, 0.15) is 24.9 Å². The lowest BCUT2D eigenvalue weighted by Gasteiger charge is -2.11. The zero-order valence-electron chi connectivity index (χ0n) is 8.87. The molecule has 0 spiro atoms. The molecule has 2 N–H and O–H groups in total. The molecule has 0 heterocycles. The van der Waals surface area contributed by atoms with Crippen molar-refractivity contribution >= 4 is 33.5 Å². The van der Waals surface area contributed by atoms with Crippen LogP contribution in [-0.4, -0.2) is 12.6 Å². The summed E-state index contributed by atoms with van der Waals surface area (Å²) < 4.78 is 5.63. The number of halogens is 2. The van der Waals surface area contributed by atoms with E-state index in [1.807, 2.05) is 12.1 Å². The Morgan fingerprint density at radius 2 is 2.31 bits per heavy atom. The molecule has 3 nitrogen and oxygen atoms in total. The fourth-order valence-corrected chi connectivity index (χ4v) is 1.70. The Labute approximate surface area is 108 Å². The minimum Gasteiger partial charge on any atom is -0.466 e. The number of carbonyl (C=O) groups excluding carboxylic acids is 1. The highest BCUT2D eigenvalue weighted by molar-refractivity contribution is 9.10. The second-order valence-corrected chi connectivity index (χ2v) is 4.55. The van der Waals surface area contributed by atoms with Gasteiger partial charge in [0.05, 0.1) is 18.1 Å². The molecule has 16 heavy (non-hydrogen) atoms. The maximum atomic E-state index is 11.2. The molecule has 0 amide bonds. The normalized spacial score (nSPS) is 12.2. The molecule has 88 valence electrons. The summed E-state index contributed by atoms with van der Waals surface area (Å²) in [6.07, 6.45) is 0.159. The van der Waals surface area contributed by atoms with E-state index in [2.05, 4.69) is 15.9 Å². The standard InChI is InChI=1S/C11H13BrClNO2/c1-2-16-11(15)6-10(14)7-3-4-8(12)9(13)5-7/h3-5,10H,2,6,14H2,1H3. The number of esters is 1. The van der Waals surface area contributed by atoms with Crippen LogP contribution < -0.4 is 5.73 Å². The molecule has 0 saturated carbocycles. The Morgan fingerprint density at radius 3 is 2.88 bits per heavy atom. The number of hydrogen-bond acceptors (Lipinski definition) is 3. The Balaban J connectivity index is 2.69. The van der Waals surface area contributed by atoms with Crippen LogP contribution in [0.4, 0.5) is 0 Å². The molecule has 1 aromatic rings. The average Bonchev–Trinajstić information content (AvgIpc) is 2.22. The van der Waals surface area contributed by atoms with Crippen LogP contribution in [0.3, 0.4) is 0 Å². The quantitative estimate of drug-likeness (QED) is 0.870.